The van der Waals surface area contributed by atoms with Crippen LogP contribution in [0.15, 0.2) is 18.2 Å². The lowest BCUT2D eigenvalue weighted by Gasteiger charge is -2.24. The molecular formula is C17H28N2O. The maximum absolute atomic E-state index is 5.54. The minimum absolute atomic E-state index is 0.747. The van der Waals surface area contributed by atoms with Crippen LogP contribution in [-0.4, -0.2) is 31.1 Å². The lowest BCUT2D eigenvalue weighted by molar-refractivity contribution is 0.236. The minimum Gasteiger partial charge on any atom is -0.496 e. The largest absolute Gasteiger partial charge is 0.496 e. The molecule has 1 aromatic rings. The molecule has 1 aliphatic rings. The third kappa shape index (κ3) is 3.74. The highest BCUT2D eigenvalue weighted by atomic mass is 16.5. The summed E-state index contributed by atoms with van der Waals surface area (Å²) in [5.41, 5.74) is 2.66. The molecule has 1 N–H and O–H groups in total. The predicted octanol–water partition coefficient (Wildman–Crippen LogP) is 3.18. The average molecular weight is 276 g/mol. The van der Waals surface area contributed by atoms with Crippen LogP contribution in [0.2, 0.25) is 0 Å². The maximum Gasteiger partial charge on any atom is 0.123 e. The smallest absolute Gasteiger partial charge is 0.123 e. The van der Waals surface area contributed by atoms with E-state index in [1.165, 1.54) is 36.9 Å². The standard InChI is InChI=1S/C17H28N2O/c1-4-16-7-6-10-19(16)13-15-11-14(12-18-5-2)8-9-17(15)20-3/h8-9,11,16,18H,4-7,10,12-13H2,1-3H3. The van der Waals surface area contributed by atoms with Crippen molar-refractivity contribution < 1.29 is 4.74 Å². The van der Waals surface area contributed by atoms with Gasteiger partial charge in [0.1, 0.15) is 5.75 Å². The molecule has 0 amide bonds. The van der Waals surface area contributed by atoms with Crippen molar-refractivity contribution in [2.24, 2.45) is 0 Å². The number of methoxy groups -OCH3 is 1. The molecule has 0 aliphatic carbocycles. The van der Waals surface area contributed by atoms with Crippen molar-refractivity contribution in [3.05, 3.63) is 29.3 Å². The van der Waals surface area contributed by atoms with Gasteiger partial charge in [0.25, 0.3) is 0 Å². The van der Waals surface area contributed by atoms with E-state index in [0.29, 0.717) is 0 Å². The van der Waals surface area contributed by atoms with Crippen molar-refractivity contribution in [1.29, 1.82) is 0 Å². The van der Waals surface area contributed by atoms with Gasteiger partial charge in [0.05, 0.1) is 7.11 Å². The molecule has 1 aliphatic heterocycles. The van der Waals surface area contributed by atoms with Gasteiger partial charge in [-0.05, 0) is 50.0 Å². The minimum atomic E-state index is 0.747. The van der Waals surface area contributed by atoms with Crippen LogP contribution in [-0.2, 0) is 13.1 Å². The van der Waals surface area contributed by atoms with Crippen LogP contribution in [0.1, 0.15) is 44.2 Å². The topological polar surface area (TPSA) is 24.5 Å². The second kappa shape index (κ2) is 7.65. The molecule has 1 fully saturated rings. The number of likely N-dealkylation sites (tertiary alicyclic amines) is 1. The highest BCUT2D eigenvalue weighted by molar-refractivity contribution is 5.37. The van der Waals surface area contributed by atoms with Crippen LogP contribution in [0.4, 0.5) is 0 Å². The van der Waals surface area contributed by atoms with Gasteiger partial charge in [0.2, 0.25) is 0 Å². The molecule has 0 radical (unpaired) electrons. The van der Waals surface area contributed by atoms with Crippen LogP contribution in [0.5, 0.6) is 5.75 Å². The zero-order valence-electron chi connectivity index (χ0n) is 13.1. The Bertz CT molecular complexity index is 419. The molecule has 1 saturated heterocycles. The van der Waals surface area contributed by atoms with Gasteiger partial charge in [-0.1, -0.05) is 19.9 Å². The molecule has 0 aromatic heterocycles. The summed E-state index contributed by atoms with van der Waals surface area (Å²) >= 11 is 0. The number of nitrogens with zero attached hydrogens (tertiary/aromatic N) is 1. The number of hydrogen-bond donors (Lipinski definition) is 1. The lowest BCUT2D eigenvalue weighted by Crippen LogP contribution is -2.28. The third-order valence-electron chi connectivity index (χ3n) is 4.27. The second-order valence-electron chi connectivity index (χ2n) is 5.60. The van der Waals surface area contributed by atoms with E-state index in [1.54, 1.807) is 7.11 Å². The molecule has 1 unspecified atom stereocenters. The fraction of sp³-hybridized carbons (Fsp3) is 0.647. The fourth-order valence-electron chi connectivity index (χ4n) is 3.12. The monoisotopic (exact) mass is 276 g/mol. The molecule has 0 spiro atoms. The summed E-state index contributed by atoms with van der Waals surface area (Å²) in [6.07, 6.45) is 3.92. The van der Waals surface area contributed by atoms with Crippen LogP contribution >= 0.6 is 0 Å². The van der Waals surface area contributed by atoms with Gasteiger partial charge in [-0.15, -0.1) is 0 Å². The number of rotatable bonds is 7. The molecule has 3 nitrogen and oxygen atoms in total. The van der Waals surface area contributed by atoms with E-state index in [9.17, 15) is 0 Å². The van der Waals surface area contributed by atoms with Crippen LogP contribution < -0.4 is 10.1 Å². The molecule has 1 heterocycles. The Kier molecular flexibility index (Phi) is 5.86. The first-order valence-corrected chi connectivity index (χ1v) is 7.89. The van der Waals surface area contributed by atoms with Gasteiger partial charge < -0.3 is 10.1 Å². The lowest BCUT2D eigenvalue weighted by atomic mass is 10.1. The van der Waals surface area contributed by atoms with Gasteiger partial charge in [0.15, 0.2) is 0 Å². The van der Waals surface area contributed by atoms with E-state index in [0.717, 1.165) is 31.4 Å². The van der Waals surface area contributed by atoms with E-state index in [1.807, 2.05) is 0 Å². The zero-order valence-corrected chi connectivity index (χ0v) is 13.1. The number of hydrogen-bond acceptors (Lipinski definition) is 3. The first-order chi connectivity index (χ1) is 9.78. The number of nitrogens with one attached hydrogen (secondary N) is 1. The Morgan fingerprint density at radius 2 is 2.20 bits per heavy atom. The summed E-state index contributed by atoms with van der Waals surface area (Å²) < 4.78 is 5.54. The summed E-state index contributed by atoms with van der Waals surface area (Å²) in [6.45, 7) is 8.61. The van der Waals surface area contributed by atoms with Crippen molar-refractivity contribution in [3.8, 4) is 5.75 Å². The Morgan fingerprint density at radius 3 is 2.90 bits per heavy atom. The third-order valence-corrected chi connectivity index (χ3v) is 4.27. The van der Waals surface area contributed by atoms with Crippen LogP contribution in [0.25, 0.3) is 0 Å². The predicted molar refractivity (Wildman–Crippen MR) is 84.1 cm³/mol. The van der Waals surface area contributed by atoms with Crippen molar-refractivity contribution in [2.45, 2.75) is 52.2 Å². The van der Waals surface area contributed by atoms with Crippen molar-refractivity contribution in [2.75, 3.05) is 20.2 Å². The average Bonchev–Trinajstić information content (AvgIpc) is 2.92. The quantitative estimate of drug-likeness (QED) is 0.828. The fourth-order valence-corrected chi connectivity index (χ4v) is 3.12. The highest BCUT2D eigenvalue weighted by Gasteiger charge is 2.23. The SMILES string of the molecule is CCNCc1ccc(OC)c(CN2CCCC2CC)c1. The summed E-state index contributed by atoms with van der Waals surface area (Å²) in [6, 6.07) is 7.31. The van der Waals surface area contributed by atoms with Crippen LogP contribution in [0.3, 0.4) is 0 Å². The van der Waals surface area contributed by atoms with Gasteiger partial charge in [-0.25, -0.2) is 0 Å². The maximum atomic E-state index is 5.54. The second-order valence-corrected chi connectivity index (χ2v) is 5.60. The van der Waals surface area contributed by atoms with Crippen LogP contribution in [0, 0.1) is 0 Å². The van der Waals surface area contributed by atoms with Crippen molar-refractivity contribution in [3.63, 3.8) is 0 Å². The molecule has 2 rings (SSSR count). The summed E-state index contributed by atoms with van der Waals surface area (Å²) in [7, 11) is 1.77. The summed E-state index contributed by atoms with van der Waals surface area (Å²) in [5, 5.41) is 3.39. The van der Waals surface area contributed by atoms with E-state index < -0.39 is 0 Å². The van der Waals surface area contributed by atoms with Gasteiger partial charge >= 0.3 is 0 Å². The summed E-state index contributed by atoms with van der Waals surface area (Å²) in [4.78, 5) is 2.61. The number of ether oxygens (including phenoxy) is 1. The molecule has 112 valence electrons. The Hall–Kier alpha value is -1.06. The Labute approximate surface area is 123 Å². The molecule has 1 aromatic carbocycles. The van der Waals surface area contributed by atoms with Gasteiger partial charge in [0, 0.05) is 24.7 Å². The zero-order chi connectivity index (χ0) is 14.4. The van der Waals surface area contributed by atoms with Gasteiger partial charge in [-0.2, -0.15) is 0 Å². The molecule has 1 atom stereocenters. The first kappa shape index (κ1) is 15.3. The summed E-state index contributed by atoms with van der Waals surface area (Å²) in [5.74, 6) is 1.02. The molecule has 0 bridgehead atoms. The Balaban J connectivity index is 2.11. The molecule has 20 heavy (non-hydrogen) atoms. The van der Waals surface area contributed by atoms with Crippen molar-refractivity contribution in [1.82, 2.24) is 10.2 Å². The normalized spacial score (nSPS) is 19.4. The van der Waals surface area contributed by atoms with E-state index in [-0.39, 0.29) is 0 Å². The first-order valence-electron chi connectivity index (χ1n) is 7.89. The Morgan fingerprint density at radius 1 is 1.35 bits per heavy atom. The molecule has 3 heteroatoms. The van der Waals surface area contributed by atoms with E-state index in [2.05, 4.69) is 42.3 Å². The van der Waals surface area contributed by atoms with Gasteiger partial charge in [-0.3, -0.25) is 4.90 Å². The molecular weight excluding hydrogens is 248 g/mol. The molecule has 0 saturated carbocycles. The number of benzene rings is 1. The van der Waals surface area contributed by atoms with Crippen molar-refractivity contribution >= 4 is 0 Å². The van der Waals surface area contributed by atoms with E-state index >= 15 is 0 Å². The van der Waals surface area contributed by atoms with E-state index in [4.69, 9.17) is 4.74 Å². The highest BCUT2D eigenvalue weighted by Crippen LogP contribution is 2.27.